The molecule has 0 aliphatic carbocycles. The standard InChI is InChI=1S/C7H15NO3/c1-9-6-11-5-7-4-10-3-2-8-7/h7-8H,2-6H2,1H3/t7-/m0/s1. The normalized spacial score (nSPS) is 25.4. The van der Waals surface area contributed by atoms with Gasteiger partial charge in [0.15, 0.2) is 0 Å². The Bertz CT molecular complexity index is 93.7. The van der Waals surface area contributed by atoms with E-state index in [1.165, 1.54) is 0 Å². The van der Waals surface area contributed by atoms with Crippen molar-refractivity contribution in [2.24, 2.45) is 0 Å². The van der Waals surface area contributed by atoms with Crippen LogP contribution in [0.4, 0.5) is 0 Å². The van der Waals surface area contributed by atoms with Crippen LogP contribution in [-0.2, 0) is 14.2 Å². The number of methoxy groups -OCH3 is 1. The Labute approximate surface area is 66.8 Å². The second-order valence-corrected chi connectivity index (χ2v) is 2.50. The number of ether oxygens (including phenoxy) is 3. The molecular weight excluding hydrogens is 146 g/mol. The lowest BCUT2D eigenvalue weighted by atomic mass is 10.3. The summed E-state index contributed by atoms with van der Waals surface area (Å²) in [5, 5.41) is 3.27. The fourth-order valence-electron chi connectivity index (χ4n) is 1.00. The topological polar surface area (TPSA) is 39.7 Å². The molecule has 0 aromatic heterocycles. The molecule has 0 radical (unpaired) electrons. The molecule has 1 N–H and O–H groups in total. The van der Waals surface area contributed by atoms with Crippen LogP contribution in [0, 0.1) is 0 Å². The van der Waals surface area contributed by atoms with Crippen molar-refractivity contribution in [2.45, 2.75) is 6.04 Å². The molecule has 0 bridgehead atoms. The molecule has 0 amide bonds. The van der Waals surface area contributed by atoms with Gasteiger partial charge in [0.2, 0.25) is 0 Å². The molecular formula is C7H15NO3. The molecule has 1 saturated heterocycles. The van der Waals surface area contributed by atoms with Gasteiger partial charge in [0.1, 0.15) is 6.79 Å². The average Bonchev–Trinajstić information content (AvgIpc) is 2.07. The van der Waals surface area contributed by atoms with Gasteiger partial charge in [0.25, 0.3) is 0 Å². The predicted molar refractivity (Wildman–Crippen MR) is 40.4 cm³/mol. The van der Waals surface area contributed by atoms with Gasteiger partial charge in [0.05, 0.1) is 25.9 Å². The number of morpholine rings is 1. The summed E-state index contributed by atoms with van der Waals surface area (Å²) in [6, 6.07) is 0.332. The van der Waals surface area contributed by atoms with Gasteiger partial charge in [-0.05, 0) is 0 Å². The zero-order chi connectivity index (χ0) is 7.94. The van der Waals surface area contributed by atoms with Crippen molar-refractivity contribution in [3.8, 4) is 0 Å². The van der Waals surface area contributed by atoms with Gasteiger partial charge in [-0.25, -0.2) is 0 Å². The van der Waals surface area contributed by atoms with Gasteiger partial charge < -0.3 is 19.5 Å². The van der Waals surface area contributed by atoms with E-state index < -0.39 is 0 Å². The molecule has 1 heterocycles. The van der Waals surface area contributed by atoms with Gasteiger partial charge in [-0.3, -0.25) is 0 Å². The Morgan fingerprint density at radius 3 is 3.18 bits per heavy atom. The number of rotatable bonds is 4. The smallest absolute Gasteiger partial charge is 0.146 e. The minimum absolute atomic E-state index is 0.332. The van der Waals surface area contributed by atoms with E-state index in [0.717, 1.165) is 19.8 Å². The summed E-state index contributed by atoms with van der Waals surface area (Å²) in [6.07, 6.45) is 0. The van der Waals surface area contributed by atoms with Crippen LogP contribution in [0.2, 0.25) is 0 Å². The third kappa shape index (κ3) is 3.67. The van der Waals surface area contributed by atoms with Crippen molar-refractivity contribution in [1.82, 2.24) is 5.32 Å². The van der Waals surface area contributed by atoms with E-state index >= 15 is 0 Å². The summed E-state index contributed by atoms with van der Waals surface area (Å²) in [5.74, 6) is 0. The highest BCUT2D eigenvalue weighted by Gasteiger charge is 2.11. The Morgan fingerprint density at radius 2 is 2.55 bits per heavy atom. The minimum Gasteiger partial charge on any atom is -0.378 e. The monoisotopic (exact) mass is 161 g/mol. The highest BCUT2D eigenvalue weighted by atomic mass is 16.7. The molecule has 0 saturated carbocycles. The highest BCUT2D eigenvalue weighted by molar-refractivity contribution is 4.68. The average molecular weight is 161 g/mol. The van der Waals surface area contributed by atoms with E-state index in [1.54, 1.807) is 7.11 Å². The third-order valence-electron chi connectivity index (χ3n) is 1.52. The predicted octanol–water partition coefficient (Wildman–Crippen LogP) is -0.405. The molecule has 1 fully saturated rings. The zero-order valence-electron chi connectivity index (χ0n) is 6.84. The summed E-state index contributed by atoms with van der Waals surface area (Å²) in [5.41, 5.74) is 0. The van der Waals surface area contributed by atoms with E-state index in [1.807, 2.05) is 0 Å². The lowest BCUT2D eigenvalue weighted by Gasteiger charge is -2.23. The molecule has 0 unspecified atom stereocenters. The van der Waals surface area contributed by atoms with Gasteiger partial charge in [-0.15, -0.1) is 0 Å². The van der Waals surface area contributed by atoms with Crippen LogP contribution in [-0.4, -0.2) is 46.3 Å². The van der Waals surface area contributed by atoms with Crippen molar-refractivity contribution >= 4 is 0 Å². The molecule has 66 valence electrons. The highest BCUT2D eigenvalue weighted by Crippen LogP contribution is 1.93. The molecule has 0 spiro atoms. The van der Waals surface area contributed by atoms with E-state index in [2.05, 4.69) is 5.32 Å². The second kappa shape index (κ2) is 5.49. The number of hydrogen-bond donors (Lipinski definition) is 1. The molecule has 0 aromatic carbocycles. The van der Waals surface area contributed by atoms with Gasteiger partial charge in [0, 0.05) is 13.7 Å². The Kier molecular flexibility index (Phi) is 4.45. The summed E-state index contributed by atoms with van der Waals surface area (Å²) in [4.78, 5) is 0. The Balaban J connectivity index is 1.96. The summed E-state index contributed by atoms with van der Waals surface area (Å²) in [6.45, 7) is 3.48. The lowest BCUT2D eigenvalue weighted by molar-refractivity contribution is -0.0525. The van der Waals surface area contributed by atoms with Gasteiger partial charge >= 0.3 is 0 Å². The molecule has 1 rings (SSSR count). The van der Waals surface area contributed by atoms with E-state index in [-0.39, 0.29) is 0 Å². The molecule has 4 nitrogen and oxygen atoms in total. The van der Waals surface area contributed by atoms with Crippen LogP contribution in [0.15, 0.2) is 0 Å². The Hall–Kier alpha value is -0.160. The third-order valence-corrected chi connectivity index (χ3v) is 1.52. The largest absolute Gasteiger partial charge is 0.378 e. The molecule has 1 aliphatic rings. The molecule has 0 aromatic rings. The maximum Gasteiger partial charge on any atom is 0.146 e. The van der Waals surface area contributed by atoms with Crippen molar-refractivity contribution < 1.29 is 14.2 Å². The van der Waals surface area contributed by atoms with Crippen LogP contribution in [0.5, 0.6) is 0 Å². The van der Waals surface area contributed by atoms with Gasteiger partial charge in [-0.2, -0.15) is 0 Å². The molecule has 1 aliphatic heterocycles. The maximum atomic E-state index is 5.23. The number of nitrogens with one attached hydrogen (secondary N) is 1. The van der Waals surface area contributed by atoms with Crippen LogP contribution < -0.4 is 5.32 Å². The first-order valence-corrected chi connectivity index (χ1v) is 3.81. The summed E-state index contributed by atoms with van der Waals surface area (Å²) in [7, 11) is 1.62. The zero-order valence-corrected chi connectivity index (χ0v) is 6.84. The molecule has 11 heavy (non-hydrogen) atoms. The lowest BCUT2D eigenvalue weighted by Crippen LogP contribution is -2.44. The van der Waals surface area contributed by atoms with Crippen LogP contribution >= 0.6 is 0 Å². The quantitative estimate of drug-likeness (QED) is 0.449. The number of hydrogen-bond acceptors (Lipinski definition) is 4. The maximum absolute atomic E-state index is 5.23. The van der Waals surface area contributed by atoms with E-state index in [4.69, 9.17) is 14.2 Å². The van der Waals surface area contributed by atoms with Crippen molar-refractivity contribution in [3.63, 3.8) is 0 Å². The summed E-state index contributed by atoms with van der Waals surface area (Å²) < 4.78 is 15.1. The minimum atomic E-state index is 0.332. The fourth-order valence-corrected chi connectivity index (χ4v) is 1.00. The first-order chi connectivity index (χ1) is 5.43. The Morgan fingerprint density at radius 1 is 1.64 bits per heavy atom. The second-order valence-electron chi connectivity index (χ2n) is 2.50. The first kappa shape index (κ1) is 8.93. The summed E-state index contributed by atoms with van der Waals surface area (Å²) >= 11 is 0. The SMILES string of the molecule is COCOC[C@@H]1COCCN1. The van der Waals surface area contributed by atoms with Crippen molar-refractivity contribution in [1.29, 1.82) is 0 Å². The fraction of sp³-hybridized carbons (Fsp3) is 1.00. The van der Waals surface area contributed by atoms with Crippen LogP contribution in [0.1, 0.15) is 0 Å². The molecule has 4 heteroatoms. The van der Waals surface area contributed by atoms with E-state index in [9.17, 15) is 0 Å². The van der Waals surface area contributed by atoms with Gasteiger partial charge in [-0.1, -0.05) is 0 Å². The van der Waals surface area contributed by atoms with Crippen LogP contribution in [0.3, 0.4) is 0 Å². The molecule has 1 atom stereocenters. The first-order valence-electron chi connectivity index (χ1n) is 3.81. The van der Waals surface area contributed by atoms with E-state index in [0.29, 0.717) is 19.4 Å². The van der Waals surface area contributed by atoms with Crippen LogP contribution in [0.25, 0.3) is 0 Å². The van der Waals surface area contributed by atoms with Crippen molar-refractivity contribution in [3.05, 3.63) is 0 Å². The van der Waals surface area contributed by atoms with Crippen molar-refractivity contribution in [2.75, 3.05) is 40.3 Å².